The molecular weight excluding hydrogens is 354 g/mol. The van der Waals surface area contributed by atoms with Crippen molar-refractivity contribution in [3.05, 3.63) is 29.8 Å². The minimum absolute atomic E-state index is 0.0298. The number of benzene rings is 1. The molecule has 0 aromatic heterocycles. The third-order valence-electron chi connectivity index (χ3n) is 6.61. The van der Waals surface area contributed by atoms with Crippen LogP contribution in [0.25, 0.3) is 0 Å². The first kappa shape index (κ1) is 19.2. The molecule has 3 aliphatic heterocycles. The van der Waals surface area contributed by atoms with Gasteiger partial charge in [0.05, 0.1) is 7.11 Å². The minimum atomic E-state index is -0.303. The lowest BCUT2D eigenvalue weighted by molar-refractivity contribution is -0.157. The van der Waals surface area contributed by atoms with Crippen LogP contribution in [0.15, 0.2) is 24.3 Å². The number of ether oxygens (including phenoxy) is 1. The van der Waals surface area contributed by atoms with E-state index >= 15 is 0 Å². The van der Waals surface area contributed by atoms with Gasteiger partial charge in [0.1, 0.15) is 11.8 Å². The van der Waals surface area contributed by atoms with Crippen molar-refractivity contribution in [1.29, 1.82) is 0 Å². The molecule has 28 heavy (non-hydrogen) atoms. The molecular formula is C22H31N3O3. The molecule has 2 N–H and O–H groups in total. The summed E-state index contributed by atoms with van der Waals surface area (Å²) in [6.07, 6.45) is 5.43. The Morgan fingerprint density at radius 3 is 2.82 bits per heavy atom. The number of rotatable bonds is 6. The number of hydrogen-bond donors (Lipinski definition) is 2. The summed E-state index contributed by atoms with van der Waals surface area (Å²) < 4.78 is 5.18. The maximum atomic E-state index is 13.0. The van der Waals surface area contributed by atoms with Crippen LogP contribution in [0.2, 0.25) is 0 Å². The van der Waals surface area contributed by atoms with Crippen molar-refractivity contribution in [1.82, 2.24) is 15.5 Å². The van der Waals surface area contributed by atoms with E-state index in [2.05, 4.69) is 22.8 Å². The van der Waals surface area contributed by atoms with Crippen molar-refractivity contribution in [2.45, 2.75) is 50.6 Å². The Morgan fingerprint density at radius 2 is 2.04 bits per heavy atom. The monoisotopic (exact) mass is 385 g/mol. The van der Waals surface area contributed by atoms with Gasteiger partial charge in [0.15, 0.2) is 0 Å². The van der Waals surface area contributed by atoms with Gasteiger partial charge in [-0.1, -0.05) is 12.1 Å². The summed E-state index contributed by atoms with van der Waals surface area (Å²) in [5.74, 6) is 1.80. The highest BCUT2D eigenvalue weighted by atomic mass is 16.5. The Balaban J connectivity index is 1.34. The van der Waals surface area contributed by atoms with Crippen LogP contribution in [0, 0.1) is 11.8 Å². The molecule has 6 nitrogen and oxygen atoms in total. The van der Waals surface area contributed by atoms with E-state index in [1.165, 1.54) is 5.56 Å². The molecule has 3 saturated heterocycles. The summed E-state index contributed by atoms with van der Waals surface area (Å²) in [7, 11) is 1.66. The molecule has 2 amide bonds. The van der Waals surface area contributed by atoms with Crippen LogP contribution in [0.1, 0.15) is 37.7 Å². The van der Waals surface area contributed by atoms with Gasteiger partial charge < -0.3 is 20.3 Å². The van der Waals surface area contributed by atoms with E-state index < -0.39 is 0 Å². The van der Waals surface area contributed by atoms with Gasteiger partial charge in [-0.2, -0.15) is 0 Å². The van der Waals surface area contributed by atoms with Gasteiger partial charge >= 0.3 is 0 Å². The topological polar surface area (TPSA) is 70.7 Å². The second-order valence-corrected chi connectivity index (χ2v) is 8.36. The van der Waals surface area contributed by atoms with E-state index in [-0.39, 0.29) is 29.8 Å². The van der Waals surface area contributed by atoms with Crippen molar-refractivity contribution >= 4 is 11.8 Å². The maximum Gasteiger partial charge on any atom is 0.243 e. The number of amides is 2. The summed E-state index contributed by atoms with van der Waals surface area (Å²) in [5.41, 5.74) is 1.23. The lowest BCUT2D eigenvalue weighted by Crippen LogP contribution is -2.68. The van der Waals surface area contributed by atoms with E-state index in [4.69, 9.17) is 4.74 Å². The third-order valence-corrected chi connectivity index (χ3v) is 6.61. The van der Waals surface area contributed by atoms with Crippen molar-refractivity contribution in [2.75, 3.05) is 26.7 Å². The number of piperidine rings is 3. The van der Waals surface area contributed by atoms with Crippen LogP contribution < -0.4 is 15.4 Å². The number of carbonyl (C=O) groups excluding carboxylic acids is 2. The van der Waals surface area contributed by atoms with Gasteiger partial charge in [0, 0.05) is 31.5 Å². The Bertz CT molecular complexity index is 705. The van der Waals surface area contributed by atoms with Gasteiger partial charge in [-0.05, 0) is 62.3 Å². The van der Waals surface area contributed by atoms with Gasteiger partial charge in [-0.3, -0.25) is 9.59 Å². The van der Waals surface area contributed by atoms with E-state index in [0.29, 0.717) is 18.9 Å². The Morgan fingerprint density at radius 1 is 1.25 bits per heavy atom. The molecule has 0 unspecified atom stereocenters. The summed E-state index contributed by atoms with van der Waals surface area (Å²) in [4.78, 5) is 27.7. The molecule has 0 radical (unpaired) electrons. The number of nitrogens with one attached hydrogen (secondary N) is 2. The number of methoxy groups -OCH3 is 1. The standard InChI is InChI=1S/C22H31N3O3/c1-28-18-9-7-15(8-10-18)4-3-11-24-22(27)21-17-12-16(13-23-14-17)19-5-2-6-20(26)25(19)21/h7-10,16-17,19,21,23H,2-6,11-14H2,1H3,(H,24,27)/t16-,17+,19+,21-/m1/s1. The first-order chi connectivity index (χ1) is 13.7. The molecule has 4 rings (SSSR count). The zero-order valence-electron chi connectivity index (χ0n) is 16.7. The minimum Gasteiger partial charge on any atom is -0.497 e. The smallest absolute Gasteiger partial charge is 0.243 e. The number of hydrogen-bond acceptors (Lipinski definition) is 4. The normalized spacial score (nSPS) is 29.2. The molecule has 1 aromatic rings. The first-order valence-corrected chi connectivity index (χ1v) is 10.6. The Hall–Kier alpha value is -2.08. The van der Waals surface area contributed by atoms with Gasteiger partial charge in [0.25, 0.3) is 0 Å². The highest BCUT2D eigenvalue weighted by Crippen LogP contribution is 2.39. The third kappa shape index (κ3) is 3.88. The molecule has 0 aliphatic carbocycles. The predicted octanol–water partition coefficient (Wildman–Crippen LogP) is 1.73. The number of carbonyl (C=O) groups is 2. The Kier molecular flexibility index (Phi) is 5.85. The van der Waals surface area contributed by atoms with Crippen LogP contribution in [0.5, 0.6) is 5.75 Å². The summed E-state index contributed by atoms with van der Waals surface area (Å²) >= 11 is 0. The fourth-order valence-electron chi connectivity index (χ4n) is 5.25. The van der Waals surface area contributed by atoms with Crippen LogP contribution in [-0.2, 0) is 16.0 Å². The molecule has 3 heterocycles. The molecule has 3 aliphatic rings. The average Bonchev–Trinajstić information content (AvgIpc) is 2.73. The molecule has 152 valence electrons. The fraction of sp³-hybridized carbons (Fsp3) is 0.636. The molecule has 6 heteroatoms. The first-order valence-electron chi connectivity index (χ1n) is 10.6. The summed E-state index contributed by atoms with van der Waals surface area (Å²) in [6, 6.07) is 7.98. The largest absolute Gasteiger partial charge is 0.497 e. The van der Waals surface area contributed by atoms with E-state index in [0.717, 1.165) is 50.9 Å². The summed E-state index contributed by atoms with van der Waals surface area (Å²) in [5, 5.41) is 6.61. The van der Waals surface area contributed by atoms with Crippen molar-refractivity contribution in [3.63, 3.8) is 0 Å². The van der Waals surface area contributed by atoms with Crippen LogP contribution in [-0.4, -0.2) is 55.5 Å². The van der Waals surface area contributed by atoms with E-state index in [1.54, 1.807) is 7.11 Å². The van der Waals surface area contributed by atoms with Crippen molar-refractivity contribution in [2.24, 2.45) is 11.8 Å². The van der Waals surface area contributed by atoms with E-state index in [9.17, 15) is 9.59 Å². The lowest BCUT2D eigenvalue weighted by atomic mass is 9.72. The maximum absolute atomic E-state index is 13.0. The highest BCUT2D eigenvalue weighted by Gasteiger charge is 2.50. The molecule has 0 saturated carbocycles. The fourth-order valence-corrected chi connectivity index (χ4v) is 5.25. The van der Waals surface area contributed by atoms with Crippen molar-refractivity contribution < 1.29 is 14.3 Å². The second kappa shape index (κ2) is 8.52. The SMILES string of the molecule is COc1ccc(CCCNC(=O)[C@H]2[C@@H]3CNC[C@@H](C3)[C@@H]3CCCC(=O)N32)cc1. The molecule has 2 bridgehead atoms. The zero-order chi connectivity index (χ0) is 19.5. The second-order valence-electron chi connectivity index (χ2n) is 8.36. The van der Waals surface area contributed by atoms with Gasteiger partial charge in [-0.15, -0.1) is 0 Å². The number of nitrogens with zero attached hydrogens (tertiary/aromatic N) is 1. The average molecular weight is 386 g/mol. The quantitative estimate of drug-likeness (QED) is 0.732. The molecule has 3 fully saturated rings. The number of aryl methyl sites for hydroxylation is 1. The highest BCUT2D eigenvalue weighted by molar-refractivity contribution is 5.89. The van der Waals surface area contributed by atoms with Crippen LogP contribution in [0.4, 0.5) is 0 Å². The van der Waals surface area contributed by atoms with Gasteiger partial charge in [0.2, 0.25) is 11.8 Å². The predicted molar refractivity (Wildman–Crippen MR) is 107 cm³/mol. The zero-order valence-corrected chi connectivity index (χ0v) is 16.7. The van der Waals surface area contributed by atoms with Crippen LogP contribution in [0.3, 0.4) is 0 Å². The molecule has 1 aromatic carbocycles. The number of fused-ring (bicyclic) bond motifs is 4. The van der Waals surface area contributed by atoms with Crippen molar-refractivity contribution in [3.8, 4) is 5.75 Å². The molecule has 0 spiro atoms. The Labute approximate surface area is 167 Å². The van der Waals surface area contributed by atoms with Crippen LogP contribution >= 0.6 is 0 Å². The van der Waals surface area contributed by atoms with Gasteiger partial charge in [-0.25, -0.2) is 0 Å². The lowest BCUT2D eigenvalue weighted by Gasteiger charge is -2.53. The van der Waals surface area contributed by atoms with E-state index in [1.807, 2.05) is 17.0 Å². The molecule has 4 atom stereocenters. The summed E-state index contributed by atoms with van der Waals surface area (Å²) in [6.45, 7) is 2.44.